The number of rotatable bonds is 3. The quantitative estimate of drug-likeness (QED) is 0.719. The Balaban J connectivity index is 2.72. The van der Waals surface area contributed by atoms with Crippen LogP contribution in [-0.4, -0.2) is 13.1 Å². The lowest BCUT2D eigenvalue weighted by atomic mass is 10.2. The summed E-state index contributed by atoms with van der Waals surface area (Å²) in [7, 11) is 1.26. The summed E-state index contributed by atoms with van der Waals surface area (Å²) in [6.07, 6.45) is 2.80. The van der Waals surface area contributed by atoms with Crippen molar-refractivity contribution in [2.75, 3.05) is 7.11 Å². The van der Waals surface area contributed by atoms with E-state index in [1.807, 2.05) is 0 Å². The molecule has 0 aliphatic rings. The van der Waals surface area contributed by atoms with Crippen LogP contribution >= 0.6 is 0 Å². The Morgan fingerprint density at radius 2 is 2.20 bits per heavy atom. The summed E-state index contributed by atoms with van der Waals surface area (Å²) >= 11 is 0. The monoisotopic (exact) mass is 212 g/mol. The largest absolute Gasteiger partial charge is 0.469 e. The third kappa shape index (κ3) is 3.16. The van der Waals surface area contributed by atoms with Crippen LogP contribution in [0.25, 0.3) is 6.08 Å². The minimum absolute atomic E-state index is 0.0342. The molecule has 0 fully saturated rings. The number of carbonyl (C=O) groups is 1. The van der Waals surface area contributed by atoms with Gasteiger partial charge in [0.05, 0.1) is 13.5 Å². The van der Waals surface area contributed by atoms with Crippen molar-refractivity contribution < 1.29 is 18.3 Å². The summed E-state index contributed by atoms with van der Waals surface area (Å²) in [5.74, 6) is -2.25. The van der Waals surface area contributed by atoms with Gasteiger partial charge >= 0.3 is 5.97 Å². The van der Waals surface area contributed by atoms with E-state index in [9.17, 15) is 13.6 Å². The second kappa shape index (κ2) is 5.24. The Labute approximate surface area is 86.2 Å². The number of benzene rings is 1. The summed E-state index contributed by atoms with van der Waals surface area (Å²) in [4.78, 5) is 10.7. The van der Waals surface area contributed by atoms with Crippen molar-refractivity contribution in [1.82, 2.24) is 0 Å². The number of hydrogen-bond acceptors (Lipinski definition) is 2. The van der Waals surface area contributed by atoms with Crippen molar-refractivity contribution in [2.24, 2.45) is 0 Å². The molecule has 4 heteroatoms. The number of carbonyl (C=O) groups excluding carboxylic acids is 1. The molecule has 1 rings (SSSR count). The highest BCUT2D eigenvalue weighted by Gasteiger charge is 2.04. The molecule has 0 saturated carbocycles. The lowest BCUT2D eigenvalue weighted by molar-refractivity contribution is -0.139. The SMILES string of the molecule is COC(=O)CC=Cc1cccc(F)c1F. The number of halogens is 2. The molecule has 0 aromatic heterocycles. The molecule has 0 radical (unpaired) electrons. The van der Waals surface area contributed by atoms with E-state index in [0.29, 0.717) is 0 Å². The average Bonchev–Trinajstić information content (AvgIpc) is 2.24. The highest BCUT2D eigenvalue weighted by molar-refractivity contribution is 5.72. The molecule has 0 bridgehead atoms. The van der Waals surface area contributed by atoms with E-state index < -0.39 is 17.6 Å². The number of ether oxygens (including phenoxy) is 1. The van der Waals surface area contributed by atoms with Gasteiger partial charge in [-0.25, -0.2) is 8.78 Å². The number of esters is 1. The zero-order valence-corrected chi connectivity index (χ0v) is 8.17. The van der Waals surface area contributed by atoms with Crippen LogP contribution in [0.15, 0.2) is 24.3 Å². The van der Waals surface area contributed by atoms with Crippen LogP contribution in [0.1, 0.15) is 12.0 Å². The average molecular weight is 212 g/mol. The Hall–Kier alpha value is -1.71. The fraction of sp³-hybridized carbons (Fsp3) is 0.182. The zero-order valence-electron chi connectivity index (χ0n) is 8.17. The highest BCUT2D eigenvalue weighted by Crippen LogP contribution is 2.12. The van der Waals surface area contributed by atoms with E-state index in [1.165, 1.54) is 31.4 Å². The predicted molar refractivity (Wildman–Crippen MR) is 52.0 cm³/mol. The van der Waals surface area contributed by atoms with Crippen molar-refractivity contribution >= 4 is 12.0 Å². The fourth-order valence-electron chi connectivity index (χ4n) is 1.01. The van der Waals surface area contributed by atoms with Gasteiger partial charge in [-0.05, 0) is 6.07 Å². The smallest absolute Gasteiger partial charge is 0.309 e. The molecule has 0 amide bonds. The van der Waals surface area contributed by atoms with Gasteiger partial charge in [-0.3, -0.25) is 4.79 Å². The molecule has 80 valence electrons. The third-order valence-corrected chi connectivity index (χ3v) is 1.79. The Bertz CT molecular complexity index is 386. The zero-order chi connectivity index (χ0) is 11.3. The molecule has 0 atom stereocenters. The van der Waals surface area contributed by atoms with Gasteiger partial charge in [0.2, 0.25) is 0 Å². The van der Waals surface area contributed by atoms with Gasteiger partial charge in [0.15, 0.2) is 11.6 Å². The van der Waals surface area contributed by atoms with Gasteiger partial charge in [-0.15, -0.1) is 0 Å². The summed E-state index contributed by atoms with van der Waals surface area (Å²) < 4.78 is 30.2. The van der Waals surface area contributed by atoms with E-state index in [0.717, 1.165) is 6.07 Å². The first-order chi connectivity index (χ1) is 7.15. The van der Waals surface area contributed by atoms with Crippen LogP contribution in [-0.2, 0) is 9.53 Å². The fourth-order valence-corrected chi connectivity index (χ4v) is 1.01. The van der Waals surface area contributed by atoms with Crippen molar-refractivity contribution in [3.8, 4) is 0 Å². The van der Waals surface area contributed by atoms with Crippen molar-refractivity contribution in [1.29, 1.82) is 0 Å². The molecule has 0 aliphatic carbocycles. The molecular formula is C11H10F2O2. The van der Waals surface area contributed by atoms with Crippen LogP contribution in [0, 0.1) is 11.6 Å². The van der Waals surface area contributed by atoms with Gasteiger partial charge in [0.1, 0.15) is 0 Å². The summed E-state index contributed by atoms with van der Waals surface area (Å²) in [6.45, 7) is 0. The van der Waals surface area contributed by atoms with Crippen LogP contribution in [0.2, 0.25) is 0 Å². The Morgan fingerprint density at radius 3 is 2.87 bits per heavy atom. The van der Waals surface area contributed by atoms with E-state index in [1.54, 1.807) is 0 Å². The maximum Gasteiger partial charge on any atom is 0.309 e. The predicted octanol–water partition coefficient (Wildman–Crippen LogP) is 2.54. The van der Waals surface area contributed by atoms with Crippen LogP contribution < -0.4 is 0 Å². The van der Waals surface area contributed by atoms with Gasteiger partial charge in [-0.1, -0.05) is 24.3 Å². The molecule has 0 aliphatic heterocycles. The lowest BCUT2D eigenvalue weighted by Gasteiger charge is -1.97. The molecule has 0 heterocycles. The normalized spacial score (nSPS) is 10.6. The number of methoxy groups -OCH3 is 1. The standard InChI is InChI=1S/C11H10F2O2/c1-15-10(14)7-3-5-8-4-2-6-9(12)11(8)13/h2-6H,7H2,1H3. The molecular weight excluding hydrogens is 202 g/mol. The molecule has 1 aromatic rings. The maximum atomic E-state index is 13.1. The van der Waals surface area contributed by atoms with E-state index in [2.05, 4.69) is 4.74 Å². The van der Waals surface area contributed by atoms with Crippen molar-refractivity contribution in [3.63, 3.8) is 0 Å². The van der Waals surface area contributed by atoms with E-state index in [4.69, 9.17) is 0 Å². The first-order valence-corrected chi connectivity index (χ1v) is 4.32. The second-order valence-electron chi connectivity index (χ2n) is 2.83. The van der Waals surface area contributed by atoms with Crippen LogP contribution in [0.4, 0.5) is 8.78 Å². The molecule has 0 unspecified atom stereocenters. The minimum Gasteiger partial charge on any atom is -0.469 e. The molecule has 15 heavy (non-hydrogen) atoms. The molecule has 1 aromatic carbocycles. The van der Waals surface area contributed by atoms with E-state index in [-0.39, 0.29) is 12.0 Å². The van der Waals surface area contributed by atoms with Gasteiger partial charge in [0, 0.05) is 5.56 Å². The van der Waals surface area contributed by atoms with Crippen molar-refractivity contribution in [2.45, 2.75) is 6.42 Å². The second-order valence-corrected chi connectivity index (χ2v) is 2.83. The van der Waals surface area contributed by atoms with Gasteiger partial charge < -0.3 is 4.74 Å². The number of hydrogen-bond donors (Lipinski definition) is 0. The lowest BCUT2D eigenvalue weighted by Crippen LogP contribution is -1.96. The Kier molecular flexibility index (Phi) is 3.97. The first-order valence-electron chi connectivity index (χ1n) is 4.32. The van der Waals surface area contributed by atoms with Crippen molar-refractivity contribution in [3.05, 3.63) is 41.5 Å². The van der Waals surface area contributed by atoms with Gasteiger partial charge in [-0.2, -0.15) is 0 Å². The van der Waals surface area contributed by atoms with E-state index >= 15 is 0 Å². The highest BCUT2D eigenvalue weighted by atomic mass is 19.2. The first kappa shape index (κ1) is 11.4. The summed E-state index contributed by atoms with van der Waals surface area (Å²) in [5.41, 5.74) is 0.110. The van der Waals surface area contributed by atoms with Gasteiger partial charge in [0.25, 0.3) is 0 Å². The molecule has 0 N–H and O–H groups in total. The molecule has 2 nitrogen and oxygen atoms in total. The minimum atomic E-state index is -0.918. The summed E-state index contributed by atoms with van der Waals surface area (Å²) in [5, 5.41) is 0. The third-order valence-electron chi connectivity index (χ3n) is 1.79. The summed E-state index contributed by atoms with van der Waals surface area (Å²) in [6, 6.07) is 3.86. The topological polar surface area (TPSA) is 26.3 Å². The Morgan fingerprint density at radius 1 is 1.47 bits per heavy atom. The van der Waals surface area contributed by atoms with Crippen LogP contribution in [0.5, 0.6) is 0 Å². The maximum absolute atomic E-state index is 13.1. The molecule has 0 saturated heterocycles. The molecule has 0 spiro atoms. The van der Waals surface area contributed by atoms with Crippen LogP contribution in [0.3, 0.4) is 0 Å².